The van der Waals surface area contributed by atoms with Crippen LogP contribution in [0.2, 0.25) is 0 Å². The van der Waals surface area contributed by atoms with Gasteiger partial charge in [-0.3, -0.25) is 0 Å². The average Bonchev–Trinajstić information content (AvgIpc) is 1.98. The second-order valence-corrected chi connectivity index (χ2v) is 3.76. The molecular formula is C10H20N2. The Morgan fingerprint density at radius 3 is 2.33 bits per heavy atom. The van der Waals surface area contributed by atoms with Gasteiger partial charge in [0.15, 0.2) is 0 Å². The first-order valence-electron chi connectivity index (χ1n) is 4.69. The second kappa shape index (κ2) is 6.02. The standard InChI is InChI=1S/C10H20N2/c1-5-10(6-7-11)12(4)8-9(2)3/h9-10H,5-6,8H2,1-4H3. The molecule has 1 atom stereocenters. The molecule has 0 saturated heterocycles. The lowest BCUT2D eigenvalue weighted by atomic mass is 10.1. The van der Waals surface area contributed by atoms with Crippen LogP contribution >= 0.6 is 0 Å². The van der Waals surface area contributed by atoms with Crippen molar-refractivity contribution >= 4 is 0 Å². The highest BCUT2D eigenvalue weighted by atomic mass is 15.1. The number of nitrogens with zero attached hydrogens (tertiary/aromatic N) is 2. The predicted molar refractivity (Wildman–Crippen MR) is 51.8 cm³/mol. The number of hydrogen-bond donors (Lipinski definition) is 0. The molecule has 0 aromatic carbocycles. The van der Waals surface area contributed by atoms with Crippen molar-refractivity contribution < 1.29 is 0 Å². The zero-order valence-corrected chi connectivity index (χ0v) is 8.67. The summed E-state index contributed by atoms with van der Waals surface area (Å²) in [6, 6.07) is 2.67. The molecule has 0 aliphatic carbocycles. The monoisotopic (exact) mass is 168 g/mol. The van der Waals surface area contributed by atoms with E-state index >= 15 is 0 Å². The third kappa shape index (κ3) is 4.35. The molecule has 0 N–H and O–H groups in total. The molecule has 0 aromatic heterocycles. The van der Waals surface area contributed by atoms with Crippen molar-refractivity contribution in [3.63, 3.8) is 0 Å². The lowest BCUT2D eigenvalue weighted by molar-refractivity contribution is 0.214. The van der Waals surface area contributed by atoms with Crippen LogP contribution in [0.25, 0.3) is 0 Å². The topological polar surface area (TPSA) is 27.0 Å². The number of hydrogen-bond acceptors (Lipinski definition) is 2. The Kier molecular flexibility index (Phi) is 5.74. The Morgan fingerprint density at radius 1 is 1.42 bits per heavy atom. The quantitative estimate of drug-likeness (QED) is 0.629. The fraction of sp³-hybridized carbons (Fsp3) is 0.900. The summed E-state index contributed by atoms with van der Waals surface area (Å²) in [6.45, 7) is 7.63. The summed E-state index contributed by atoms with van der Waals surface area (Å²) in [5.41, 5.74) is 0. The predicted octanol–water partition coefficient (Wildman–Crippen LogP) is 2.27. The van der Waals surface area contributed by atoms with Gasteiger partial charge in [-0.2, -0.15) is 5.26 Å². The van der Waals surface area contributed by atoms with Gasteiger partial charge in [-0.25, -0.2) is 0 Å². The third-order valence-corrected chi connectivity index (χ3v) is 2.07. The molecule has 0 heterocycles. The smallest absolute Gasteiger partial charge is 0.0638 e. The van der Waals surface area contributed by atoms with Crippen molar-refractivity contribution in [2.45, 2.75) is 39.7 Å². The summed E-state index contributed by atoms with van der Waals surface area (Å²) in [5.74, 6) is 0.683. The van der Waals surface area contributed by atoms with Gasteiger partial charge in [0.2, 0.25) is 0 Å². The maximum absolute atomic E-state index is 8.57. The molecule has 0 aliphatic rings. The van der Waals surface area contributed by atoms with E-state index < -0.39 is 0 Å². The fourth-order valence-electron chi connectivity index (χ4n) is 1.44. The molecule has 0 rings (SSSR count). The molecule has 0 aliphatic heterocycles. The summed E-state index contributed by atoms with van der Waals surface area (Å²) < 4.78 is 0. The van der Waals surface area contributed by atoms with Crippen LogP contribution in [0.4, 0.5) is 0 Å². The molecular weight excluding hydrogens is 148 g/mol. The Labute approximate surface area is 76.2 Å². The highest BCUT2D eigenvalue weighted by Crippen LogP contribution is 2.08. The van der Waals surface area contributed by atoms with E-state index in [0.717, 1.165) is 13.0 Å². The van der Waals surface area contributed by atoms with Crippen molar-refractivity contribution in [2.75, 3.05) is 13.6 Å². The first-order chi connectivity index (χ1) is 5.61. The van der Waals surface area contributed by atoms with Gasteiger partial charge in [0.1, 0.15) is 0 Å². The van der Waals surface area contributed by atoms with Gasteiger partial charge in [0.05, 0.1) is 12.5 Å². The third-order valence-electron chi connectivity index (χ3n) is 2.07. The molecule has 2 nitrogen and oxygen atoms in total. The minimum Gasteiger partial charge on any atom is -0.302 e. The zero-order chi connectivity index (χ0) is 9.56. The van der Waals surface area contributed by atoms with Crippen LogP contribution in [-0.2, 0) is 0 Å². The molecule has 0 bridgehead atoms. The van der Waals surface area contributed by atoms with E-state index in [-0.39, 0.29) is 0 Å². The van der Waals surface area contributed by atoms with Crippen molar-refractivity contribution in [2.24, 2.45) is 5.92 Å². The Hall–Kier alpha value is -0.550. The van der Waals surface area contributed by atoms with Crippen LogP contribution in [0.3, 0.4) is 0 Å². The highest BCUT2D eigenvalue weighted by Gasteiger charge is 2.12. The summed E-state index contributed by atoms with van der Waals surface area (Å²) in [7, 11) is 2.10. The highest BCUT2D eigenvalue weighted by molar-refractivity contribution is 4.80. The van der Waals surface area contributed by atoms with E-state index in [1.54, 1.807) is 0 Å². The molecule has 0 amide bonds. The van der Waals surface area contributed by atoms with Crippen LogP contribution < -0.4 is 0 Å². The lowest BCUT2D eigenvalue weighted by Gasteiger charge is -2.26. The molecule has 0 fully saturated rings. The van der Waals surface area contributed by atoms with E-state index in [1.807, 2.05) is 0 Å². The van der Waals surface area contributed by atoms with Gasteiger partial charge in [-0.1, -0.05) is 20.8 Å². The largest absolute Gasteiger partial charge is 0.302 e. The SMILES string of the molecule is CCC(CC#N)N(C)CC(C)C. The molecule has 0 saturated carbocycles. The van der Waals surface area contributed by atoms with Gasteiger partial charge in [0, 0.05) is 12.6 Å². The first-order valence-corrected chi connectivity index (χ1v) is 4.69. The second-order valence-electron chi connectivity index (χ2n) is 3.76. The molecule has 1 unspecified atom stereocenters. The van der Waals surface area contributed by atoms with E-state index in [1.165, 1.54) is 0 Å². The van der Waals surface area contributed by atoms with E-state index in [2.05, 4.69) is 38.8 Å². The summed E-state index contributed by atoms with van der Waals surface area (Å²) in [4.78, 5) is 2.29. The summed E-state index contributed by atoms with van der Waals surface area (Å²) in [5, 5.41) is 8.57. The van der Waals surface area contributed by atoms with Crippen LogP contribution in [0.1, 0.15) is 33.6 Å². The minimum absolute atomic E-state index is 0.442. The molecule has 0 radical (unpaired) electrons. The van der Waals surface area contributed by atoms with E-state index in [9.17, 15) is 0 Å². The van der Waals surface area contributed by atoms with Crippen LogP contribution in [0, 0.1) is 17.2 Å². The summed E-state index contributed by atoms with van der Waals surface area (Å²) in [6.07, 6.45) is 1.72. The van der Waals surface area contributed by atoms with Crippen molar-refractivity contribution in [1.29, 1.82) is 5.26 Å². The molecule has 2 heteroatoms. The first kappa shape index (κ1) is 11.4. The minimum atomic E-state index is 0.442. The van der Waals surface area contributed by atoms with Crippen LogP contribution in [-0.4, -0.2) is 24.5 Å². The van der Waals surface area contributed by atoms with E-state index in [0.29, 0.717) is 18.4 Å². The molecule has 12 heavy (non-hydrogen) atoms. The zero-order valence-electron chi connectivity index (χ0n) is 8.67. The van der Waals surface area contributed by atoms with Gasteiger partial charge in [-0.05, 0) is 19.4 Å². The number of rotatable bonds is 5. The summed E-state index contributed by atoms with van der Waals surface area (Å²) >= 11 is 0. The number of nitriles is 1. The van der Waals surface area contributed by atoms with Crippen LogP contribution in [0.15, 0.2) is 0 Å². The van der Waals surface area contributed by atoms with Gasteiger partial charge < -0.3 is 4.90 Å². The maximum atomic E-state index is 8.57. The Balaban J connectivity index is 3.86. The fourth-order valence-corrected chi connectivity index (χ4v) is 1.44. The molecule has 70 valence electrons. The van der Waals surface area contributed by atoms with E-state index in [4.69, 9.17) is 5.26 Å². The normalized spacial score (nSPS) is 13.4. The van der Waals surface area contributed by atoms with Crippen molar-refractivity contribution in [3.05, 3.63) is 0 Å². The van der Waals surface area contributed by atoms with Crippen molar-refractivity contribution in [1.82, 2.24) is 4.90 Å². The van der Waals surface area contributed by atoms with Gasteiger partial charge in [-0.15, -0.1) is 0 Å². The van der Waals surface area contributed by atoms with Crippen molar-refractivity contribution in [3.8, 4) is 6.07 Å². The molecule has 0 aromatic rings. The van der Waals surface area contributed by atoms with Gasteiger partial charge in [0.25, 0.3) is 0 Å². The van der Waals surface area contributed by atoms with Crippen LogP contribution in [0.5, 0.6) is 0 Å². The lowest BCUT2D eigenvalue weighted by Crippen LogP contribution is -2.33. The van der Waals surface area contributed by atoms with Gasteiger partial charge >= 0.3 is 0 Å². The maximum Gasteiger partial charge on any atom is 0.0638 e. The molecule has 0 spiro atoms. The average molecular weight is 168 g/mol. The Bertz CT molecular complexity index is 146. The Morgan fingerprint density at radius 2 is 2.00 bits per heavy atom.